The molecule has 0 aliphatic heterocycles. The number of ketones is 1. The van der Waals surface area contributed by atoms with Crippen molar-refractivity contribution in [3.8, 4) is 0 Å². The van der Waals surface area contributed by atoms with Gasteiger partial charge in [-0.05, 0) is 19.1 Å². The number of Topliss-reactive ketones (excluding diaryl/α,β-unsaturated/α-hetero) is 1. The summed E-state index contributed by atoms with van der Waals surface area (Å²) in [7, 11) is 0. The van der Waals surface area contributed by atoms with E-state index in [2.05, 4.69) is 36.5 Å². The zero-order valence-electron chi connectivity index (χ0n) is 14.0. The third-order valence-electron chi connectivity index (χ3n) is 3.44. The van der Waals surface area contributed by atoms with E-state index in [0.717, 1.165) is 10.7 Å². The van der Waals surface area contributed by atoms with Crippen LogP contribution >= 0.6 is 11.3 Å². The average Bonchev–Trinajstić information content (AvgIpc) is 2.94. The van der Waals surface area contributed by atoms with Crippen molar-refractivity contribution >= 4 is 28.7 Å². The fourth-order valence-electron chi connectivity index (χ4n) is 2.03. The first kappa shape index (κ1) is 17.3. The molecule has 2 aromatic rings. The van der Waals surface area contributed by atoms with Crippen LogP contribution in [0.5, 0.6) is 0 Å². The first-order valence-corrected chi connectivity index (χ1v) is 8.49. The summed E-state index contributed by atoms with van der Waals surface area (Å²) in [5.41, 5.74) is 2.34. The standard InChI is InChI=1S/C18H22N2O2S/c1-12(21)13-6-5-7-14(10-13)19-16(22)8-9-17-20-15(11-23-17)18(2,3)4/h5-7,10-11H,8-9H2,1-4H3,(H,19,22). The van der Waals surface area contributed by atoms with Gasteiger partial charge in [-0.25, -0.2) is 4.98 Å². The highest BCUT2D eigenvalue weighted by Crippen LogP contribution is 2.24. The maximum Gasteiger partial charge on any atom is 0.224 e. The fourth-order valence-corrected chi connectivity index (χ4v) is 3.05. The Bertz CT molecular complexity index is 714. The number of nitrogens with one attached hydrogen (secondary N) is 1. The number of nitrogens with zero attached hydrogens (tertiary/aromatic N) is 1. The van der Waals surface area contributed by atoms with Crippen LogP contribution in [0.25, 0.3) is 0 Å². The minimum absolute atomic E-state index is 0.0152. The summed E-state index contributed by atoms with van der Waals surface area (Å²) >= 11 is 1.60. The largest absolute Gasteiger partial charge is 0.326 e. The monoisotopic (exact) mass is 330 g/mol. The number of carbonyl (C=O) groups is 2. The molecule has 1 aromatic carbocycles. The van der Waals surface area contributed by atoms with Crippen molar-refractivity contribution in [3.05, 3.63) is 45.9 Å². The number of thiazole rings is 1. The second-order valence-electron chi connectivity index (χ2n) is 6.56. The smallest absolute Gasteiger partial charge is 0.224 e. The maximum absolute atomic E-state index is 12.1. The van der Waals surface area contributed by atoms with Gasteiger partial charge in [0, 0.05) is 34.9 Å². The van der Waals surface area contributed by atoms with Gasteiger partial charge >= 0.3 is 0 Å². The Kier molecular flexibility index (Phi) is 5.31. The quantitative estimate of drug-likeness (QED) is 0.835. The lowest BCUT2D eigenvalue weighted by Gasteiger charge is -2.14. The van der Waals surface area contributed by atoms with E-state index >= 15 is 0 Å². The molecule has 0 aliphatic carbocycles. The van der Waals surface area contributed by atoms with Gasteiger partial charge in [0.1, 0.15) is 0 Å². The molecule has 0 saturated heterocycles. The number of aromatic nitrogens is 1. The van der Waals surface area contributed by atoms with Crippen LogP contribution in [0.15, 0.2) is 29.6 Å². The van der Waals surface area contributed by atoms with E-state index in [1.807, 2.05) is 0 Å². The van der Waals surface area contributed by atoms with E-state index in [-0.39, 0.29) is 17.1 Å². The van der Waals surface area contributed by atoms with Gasteiger partial charge in [-0.15, -0.1) is 11.3 Å². The Hall–Kier alpha value is -2.01. The third kappa shape index (κ3) is 4.99. The maximum atomic E-state index is 12.1. The van der Waals surface area contributed by atoms with Gasteiger partial charge in [-0.3, -0.25) is 9.59 Å². The lowest BCUT2D eigenvalue weighted by atomic mass is 9.93. The summed E-state index contributed by atoms with van der Waals surface area (Å²) in [6.07, 6.45) is 1.00. The highest BCUT2D eigenvalue weighted by Gasteiger charge is 2.17. The van der Waals surface area contributed by atoms with Crippen LogP contribution in [0.1, 0.15) is 55.2 Å². The number of rotatable bonds is 5. The molecule has 122 valence electrons. The van der Waals surface area contributed by atoms with Gasteiger partial charge in [0.25, 0.3) is 0 Å². The molecule has 1 N–H and O–H groups in total. The third-order valence-corrected chi connectivity index (χ3v) is 4.35. The van der Waals surface area contributed by atoms with Crippen LogP contribution in [0.2, 0.25) is 0 Å². The van der Waals surface area contributed by atoms with E-state index < -0.39 is 0 Å². The molecule has 4 nitrogen and oxygen atoms in total. The van der Waals surface area contributed by atoms with Crippen LogP contribution < -0.4 is 5.32 Å². The second-order valence-corrected chi connectivity index (χ2v) is 7.50. The molecule has 0 spiro atoms. The van der Waals surface area contributed by atoms with Crippen molar-refractivity contribution in [1.82, 2.24) is 4.98 Å². The van der Waals surface area contributed by atoms with Gasteiger partial charge in [0.15, 0.2) is 5.78 Å². The summed E-state index contributed by atoms with van der Waals surface area (Å²) in [4.78, 5) is 28.0. The molecule has 5 heteroatoms. The molecule has 0 saturated carbocycles. The normalized spacial score (nSPS) is 11.3. The summed E-state index contributed by atoms with van der Waals surface area (Å²) < 4.78 is 0. The van der Waals surface area contributed by atoms with Crippen LogP contribution in [0, 0.1) is 0 Å². The zero-order valence-corrected chi connectivity index (χ0v) is 14.8. The van der Waals surface area contributed by atoms with E-state index in [1.165, 1.54) is 6.92 Å². The molecule has 2 rings (SSSR count). The van der Waals surface area contributed by atoms with Gasteiger partial charge in [0.05, 0.1) is 10.7 Å². The topological polar surface area (TPSA) is 59.1 Å². The minimum Gasteiger partial charge on any atom is -0.326 e. The number of anilines is 1. The van der Waals surface area contributed by atoms with Gasteiger partial charge in [-0.2, -0.15) is 0 Å². The van der Waals surface area contributed by atoms with Crippen LogP contribution in [-0.4, -0.2) is 16.7 Å². The Morgan fingerprint density at radius 2 is 2.00 bits per heavy atom. The average molecular weight is 330 g/mol. The molecule has 1 heterocycles. The predicted octanol–water partition coefficient (Wildman–Crippen LogP) is 4.21. The molecule has 0 aliphatic rings. The summed E-state index contributed by atoms with van der Waals surface area (Å²) in [6, 6.07) is 6.98. The molecular weight excluding hydrogens is 308 g/mol. The fraction of sp³-hybridized carbons (Fsp3) is 0.389. The Morgan fingerprint density at radius 3 is 2.61 bits per heavy atom. The number of hydrogen-bond acceptors (Lipinski definition) is 4. The first-order chi connectivity index (χ1) is 10.8. The van der Waals surface area contributed by atoms with Crippen molar-refractivity contribution < 1.29 is 9.59 Å². The minimum atomic E-state index is -0.0711. The number of benzene rings is 1. The van der Waals surface area contributed by atoms with Gasteiger partial charge in [-0.1, -0.05) is 32.9 Å². The van der Waals surface area contributed by atoms with Crippen molar-refractivity contribution in [2.45, 2.75) is 46.0 Å². The summed E-state index contributed by atoms with van der Waals surface area (Å²) in [5.74, 6) is -0.0863. The lowest BCUT2D eigenvalue weighted by Crippen LogP contribution is -2.13. The van der Waals surface area contributed by atoms with Crippen molar-refractivity contribution in [3.63, 3.8) is 0 Å². The SMILES string of the molecule is CC(=O)c1cccc(NC(=O)CCc2nc(C(C)(C)C)cs2)c1. The highest BCUT2D eigenvalue weighted by molar-refractivity contribution is 7.09. The molecule has 0 fully saturated rings. The molecular formula is C18H22N2O2S. The molecule has 1 aromatic heterocycles. The predicted molar refractivity (Wildman–Crippen MR) is 94.2 cm³/mol. The highest BCUT2D eigenvalue weighted by atomic mass is 32.1. The summed E-state index contributed by atoms with van der Waals surface area (Å²) in [6.45, 7) is 7.89. The van der Waals surface area contributed by atoms with E-state index in [0.29, 0.717) is 24.1 Å². The first-order valence-electron chi connectivity index (χ1n) is 7.61. The van der Waals surface area contributed by atoms with E-state index in [4.69, 9.17) is 0 Å². The zero-order chi connectivity index (χ0) is 17.0. The van der Waals surface area contributed by atoms with E-state index in [9.17, 15) is 9.59 Å². The lowest BCUT2D eigenvalue weighted by molar-refractivity contribution is -0.116. The number of amides is 1. The van der Waals surface area contributed by atoms with Crippen molar-refractivity contribution in [2.75, 3.05) is 5.32 Å². The van der Waals surface area contributed by atoms with Crippen LogP contribution in [0.3, 0.4) is 0 Å². The van der Waals surface area contributed by atoms with Crippen LogP contribution in [-0.2, 0) is 16.6 Å². The number of carbonyl (C=O) groups excluding carboxylic acids is 2. The summed E-state index contributed by atoms with van der Waals surface area (Å²) in [5, 5.41) is 5.86. The van der Waals surface area contributed by atoms with Gasteiger partial charge in [0.2, 0.25) is 5.91 Å². The van der Waals surface area contributed by atoms with E-state index in [1.54, 1.807) is 35.6 Å². The van der Waals surface area contributed by atoms with Gasteiger partial charge < -0.3 is 5.32 Å². The Labute approximate surface area is 141 Å². The number of aryl methyl sites for hydroxylation is 1. The molecule has 0 atom stereocenters. The number of hydrogen-bond donors (Lipinski definition) is 1. The molecule has 0 bridgehead atoms. The molecule has 1 amide bonds. The molecule has 0 radical (unpaired) electrons. The molecule has 23 heavy (non-hydrogen) atoms. The molecule has 0 unspecified atom stereocenters. The Balaban J connectivity index is 1.91. The second kappa shape index (κ2) is 7.04. The van der Waals surface area contributed by atoms with Crippen LogP contribution in [0.4, 0.5) is 5.69 Å². The van der Waals surface area contributed by atoms with Crippen molar-refractivity contribution in [1.29, 1.82) is 0 Å². The van der Waals surface area contributed by atoms with Crippen molar-refractivity contribution in [2.24, 2.45) is 0 Å². The Morgan fingerprint density at radius 1 is 1.26 bits per heavy atom.